The standard InChI is InChI=1S/C35H40F3N5O4S/c1-5-22-17-25(9-10-29(22)46-14-11-21-15-23-7-8-24(16-21)41(23)32(45)47-33(2,3)4)43-31(48)42(30(44)34(43)12-6-13-34)26-18-27(35(36,37)38)28(19-39)40-20-26/h9-10,17-18,20-21,23-24H,5-8,11-16H2,1-4H3/t21?,23-,24+. The van der Waals surface area contributed by atoms with Crippen LogP contribution in [0.1, 0.15) is 95.9 Å². The zero-order valence-electron chi connectivity index (χ0n) is 27.6. The Labute approximate surface area is 284 Å². The number of nitrogens with zero attached hydrogens (tertiary/aromatic N) is 5. The molecule has 2 bridgehead atoms. The van der Waals surface area contributed by atoms with Crippen LogP contribution in [0.4, 0.5) is 29.3 Å². The topological polar surface area (TPSA) is 99.0 Å². The van der Waals surface area contributed by atoms with E-state index in [1.807, 2.05) is 50.8 Å². The predicted octanol–water partition coefficient (Wildman–Crippen LogP) is 7.54. The zero-order valence-corrected chi connectivity index (χ0v) is 28.4. The first-order chi connectivity index (χ1) is 22.7. The van der Waals surface area contributed by atoms with Gasteiger partial charge in [-0.15, -0.1) is 0 Å². The molecule has 2 aromatic rings. The second-order valence-corrected chi connectivity index (χ2v) is 14.6. The van der Waals surface area contributed by atoms with E-state index in [0.29, 0.717) is 37.5 Å². The molecule has 1 aromatic heterocycles. The number of rotatable bonds is 7. The highest BCUT2D eigenvalue weighted by Crippen LogP contribution is 2.49. The molecule has 9 nitrogen and oxygen atoms in total. The second-order valence-electron chi connectivity index (χ2n) is 14.2. The molecular weight excluding hydrogens is 643 g/mol. The van der Waals surface area contributed by atoms with Gasteiger partial charge in [-0.05, 0) is 127 Å². The number of anilines is 2. The van der Waals surface area contributed by atoms with Crippen molar-refractivity contribution in [2.75, 3.05) is 16.4 Å². The Balaban J connectivity index is 1.15. The average Bonchev–Trinajstić information content (AvgIpc) is 3.41. The number of thiocarbonyl (C=S) groups is 1. The Morgan fingerprint density at radius 2 is 1.81 bits per heavy atom. The number of aromatic nitrogens is 1. The summed E-state index contributed by atoms with van der Waals surface area (Å²) in [5, 5.41) is 9.25. The van der Waals surface area contributed by atoms with E-state index in [2.05, 4.69) is 4.98 Å². The van der Waals surface area contributed by atoms with Gasteiger partial charge in [-0.3, -0.25) is 9.69 Å². The Kier molecular flexibility index (Phi) is 8.85. The van der Waals surface area contributed by atoms with E-state index in [1.54, 1.807) is 4.90 Å². The van der Waals surface area contributed by atoms with Crippen molar-refractivity contribution < 1.29 is 32.2 Å². The summed E-state index contributed by atoms with van der Waals surface area (Å²) in [7, 11) is 0. The number of fused-ring (bicyclic) bond motifs is 2. The summed E-state index contributed by atoms with van der Waals surface area (Å²) < 4.78 is 53.2. The van der Waals surface area contributed by atoms with Crippen molar-refractivity contribution in [1.29, 1.82) is 5.26 Å². The third-order valence-corrected chi connectivity index (χ3v) is 10.4. The highest BCUT2D eigenvalue weighted by atomic mass is 32.1. The van der Waals surface area contributed by atoms with E-state index in [0.717, 1.165) is 67.0 Å². The predicted molar refractivity (Wildman–Crippen MR) is 177 cm³/mol. The maximum Gasteiger partial charge on any atom is 0.419 e. The minimum absolute atomic E-state index is 0.0717. The Hall–Kier alpha value is -3.92. The zero-order chi connectivity index (χ0) is 34.6. The van der Waals surface area contributed by atoms with E-state index < -0.39 is 34.5 Å². The van der Waals surface area contributed by atoms with Crippen LogP contribution in [0.3, 0.4) is 0 Å². The van der Waals surface area contributed by atoms with Gasteiger partial charge in [0.1, 0.15) is 23.0 Å². The van der Waals surface area contributed by atoms with Gasteiger partial charge >= 0.3 is 12.3 Å². The van der Waals surface area contributed by atoms with Crippen molar-refractivity contribution in [3.8, 4) is 11.8 Å². The molecule has 4 fully saturated rings. The number of halogens is 3. The van der Waals surface area contributed by atoms with Crippen LogP contribution < -0.4 is 14.5 Å². The average molecular weight is 684 g/mol. The van der Waals surface area contributed by atoms with Gasteiger partial charge < -0.3 is 19.3 Å². The van der Waals surface area contributed by atoms with Crippen LogP contribution in [0, 0.1) is 17.2 Å². The molecule has 256 valence electrons. The number of hydrogen-bond acceptors (Lipinski definition) is 7. The number of benzene rings is 1. The molecule has 3 aliphatic heterocycles. The van der Waals surface area contributed by atoms with Crippen LogP contribution in [0.15, 0.2) is 30.5 Å². The molecule has 4 aliphatic rings. The summed E-state index contributed by atoms with van der Waals surface area (Å²) in [4.78, 5) is 35.2. The van der Waals surface area contributed by atoms with Crippen molar-refractivity contribution in [3.63, 3.8) is 0 Å². The van der Waals surface area contributed by atoms with Gasteiger partial charge in [-0.25, -0.2) is 9.78 Å². The van der Waals surface area contributed by atoms with Crippen LogP contribution in [-0.4, -0.2) is 56.8 Å². The lowest BCUT2D eigenvalue weighted by atomic mass is 9.75. The number of nitriles is 1. The van der Waals surface area contributed by atoms with E-state index >= 15 is 0 Å². The van der Waals surface area contributed by atoms with Gasteiger partial charge in [0.25, 0.3) is 5.91 Å². The molecule has 6 rings (SSSR count). The normalized spacial score (nSPS) is 23.4. The van der Waals surface area contributed by atoms with E-state index in [-0.39, 0.29) is 29.0 Å². The van der Waals surface area contributed by atoms with E-state index in [9.17, 15) is 28.0 Å². The lowest BCUT2D eigenvalue weighted by Crippen LogP contribution is -2.55. The molecule has 48 heavy (non-hydrogen) atoms. The number of hydrogen-bond donors (Lipinski definition) is 0. The monoisotopic (exact) mass is 683 g/mol. The Bertz CT molecular complexity index is 1650. The van der Waals surface area contributed by atoms with Gasteiger partial charge in [0.2, 0.25) is 0 Å². The summed E-state index contributed by atoms with van der Waals surface area (Å²) in [5.41, 5.74) is -2.02. The molecule has 1 spiro atoms. The maximum atomic E-state index is 13.9. The number of aryl methyl sites for hydroxylation is 1. The molecule has 0 N–H and O–H groups in total. The molecule has 2 amide bonds. The molecule has 1 unspecified atom stereocenters. The number of ether oxygens (including phenoxy) is 2. The summed E-state index contributed by atoms with van der Waals surface area (Å²) in [6, 6.07) is 8.29. The first-order valence-corrected chi connectivity index (χ1v) is 17.0. The lowest BCUT2D eigenvalue weighted by Gasteiger charge is -2.43. The largest absolute Gasteiger partial charge is 0.493 e. The molecule has 1 saturated carbocycles. The first-order valence-electron chi connectivity index (χ1n) is 16.6. The minimum Gasteiger partial charge on any atom is -0.493 e. The number of piperidine rings is 1. The molecule has 1 aromatic carbocycles. The van der Waals surface area contributed by atoms with Crippen LogP contribution in [0.5, 0.6) is 5.75 Å². The number of alkyl halides is 3. The van der Waals surface area contributed by atoms with Crippen LogP contribution in [-0.2, 0) is 22.1 Å². The van der Waals surface area contributed by atoms with E-state index in [4.69, 9.17) is 21.7 Å². The second kappa shape index (κ2) is 12.5. The van der Waals surface area contributed by atoms with Crippen LogP contribution in [0.2, 0.25) is 0 Å². The number of pyridine rings is 1. The Morgan fingerprint density at radius 1 is 1.12 bits per heavy atom. The summed E-state index contributed by atoms with van der Waals surface area (Å²) >= 11 is 5.77. The van der Waals surface area contributed by atoms with Crippen LogP contribution >= 0.6 is 12.2 Å². The maximum absolute atomic E-state index is 13.9. The number of amides is 2. The van der Waals surface area contributed by atoms with Crippen molar-refractivity contribution in [3.05, 3.63) is 47.3 Å². The molecule has 1 aliphatic carbocycles. The third-order valence-electron chi connectivity index (χ3n) is 10.0. The van der Waals surface area contributed by atoms with Crippen molar-refractivity contribution in [1.82, 2.24) is 9.88 Å². The lowest BCUT2D eigenvalue weighted by molar-refractivity contribution is -0.138. The van der Waals surface area contributed by atoms with Gasteiger partial charge in [0.05, 0.1) is 24.1 Å². The van der Waals surface area contributed by atoms with Gasteiger partial charge in [0.15, 0.2) is 10.8 Å². The Morgan fingerprint density at radius 3 is 2.38 bits per heavy atom. The molecule has 3 saturated heterocycles. The van der Waals surface area contributed by atoms with Gasteiger partial charge in [-0.1, -0.05) is 6.92 Å². The number of carbonyl (C=O) groups is 2. The molecular formula is C35H40F3N5O4S. The van der Waals surface area contributed by atoms with Crippen molar-refractivity contribution in [2.45, 2.75) is 115 Å². The highest BCUT2D eigenvalue weighted by molar-refractivity contribution is 7.81. The fraction of sp³-hybridized carbons (Fsp3) is 0.571. The fourth-order valence-electron chi connectivity index (χ4n) is 7.69. The minimum atomic E-state index is -4.82. The SMILES string of the molecule is CCc1cc(N2C(=S)N(c3cnc(C#N)c(C(F)(F)F)c3)C(=O)C23CCC3)ccc1OCCC1C[C@H]2CC[C@@H](C1)N2C(=O)OC(C)(C)C. The molecule has 13 heteroatoms. The third kappa shape index (κ3) is 6.08. The van der Waals surface area contributed by atoms with Crippen LogP contribution in [0.25, 0.3) is 0 Å². The first kappa shape index (κ1) is 34.0. The molecule has 3 atom stereocenters. The van der Waals surface area contributed by atoms with Gasteiger partial charge in [-0.2, -0.15) is 18.4 Å². The van der Waals surface area contributed by atoms with Crippen molar-refractivity contribution in [2.24, 2.45) is 5.92 Å². The molecule has 4 heterocycles. The smallest absolute Gasteiger partial charge is 0.419 e. The van der Waals surface area contributed by atoms with Gasteiger partial charge in [0, 0.05) is 17.8 Å². The summed E-state index contributed by atoms with van der Waals surface area (Å²) in [6.07, 6.45) is 3.20. The summed E-state index contributed by atoms with van der Waals surface area (Å²) in [6.45, 7) is 8.19. The van der Waals surface area contributed by atoms with Crippen molar-refractivity contribution >= 4 is 40.7 Å². The fourth-order valence-corrected chi connectivity index (χ4v) is 8.15. The quantitative estimate of drug-likeness (QED) is 0.276. The summed E-state index contributed by atoms with van der Waals surface area (Å²) in [5.74, 6) is 0.776. The highest BCUT2D eigenvalue weighted by Gasteiger charge is 2.60. The molecule has 0 radical (unpaired) electrons. The van der Waals surface area contributed by atoms with E-state index in [1.165, 1.54) is 6.07 Å². The number of carbonyl (C=O) groups excluding carboxylic acids is 2.